The first kappa shape index (κ1) is 21.3. The fraction of sp³-hybridized carbons (Fsp3) is 0.250. The maximum atomic E-state index is 12.8. The van der Waals surface area contributed by atoms with Gasteiger partial charge in [-0.05, 0) is 56.3 Å². The number of ether oxygens (including phenoxy) is 1. The second-order valence-electron chi connectivity index (χ2n) is 7.77. The molecule has 0 saturated carbocycles. The summed E-state index contributed by atoms with van der Waals surface area (Å²) in [6.45, 7) is 4.17. The lowest BCUT2D eigenvalue weighted by Crippen LogP contribution is -2.28. The Morgan fingerprint density at radius 1 is 1.03 bits per heavy atom. The van der Waals surface area contributed by atoms with Gasteiger partial charge in [-0.3, -0.25) is 9.59 Å². The summed E-state index contributed by atoms with van der Waals surface area (Å²) in [5, 5.41) is 6.07. The van der Waals surface area contributed by atoms with Crippen molar-refractivity contribution in [2.45, 2.75) is 20.3 Å². The van der Waals surface area contributed by atoms with Crippen molar-refractivity contribution in [3.8, 4) is 5.75 Å². The molecule has 1 fully saturated rings. The van der Waals surface area contributed by atoms with Gasteiger partial charge in [0.05, 0.1) is 13.0 Å². The van der Waals surface area contributed by atoms with E-state index in [1.807, 2.05) is 50.2 Å². The predicted molar refractivity (Wildman–Crippen MR) is 123 cm³/mol. The minimum absolute atomic E-state index is 0.0774. The molecule has 32 heavy (non-hydrogen) atoms. The van der Waals surface area contributed by atoms with E-state index in [0.717, 1.165) is 22.8 Å². The number of nitrogens with zero attached hydrogens (tertiary/aromatic N) is 3. The highest BCUT2D eigenvalue weighted by atomic mass is 16.5. The molecule has 1 saturated heterocycles. The van der Waals surface area contributed by atoms with Crippen molar-refractivity contribution in [2.75, 3.05) is 29.2 Å². The van der Waals surface area contributed by atoms with E-state index in [4.69, 9.17) is 4.74 Å². The molecule has 2 aromatic carbocycles. The molecule has 1 atom stereocenters. The molecule has 0 spiro atoms. The number of anilines is 4. The third-order valence-electron chi connectivity index (χ3n) is 5.25. The van der Waals surface area contributed by atoms with Crippen LogP contribution < -0.4 is 20.3 Å². The van der Waals surface area contributed by atoms with Gasteiger partial charge >= 0.3 is 0 Å². The Labute approximate surface area is 186 Å². The summed E-state index contributed by atoms with van der Waals surface area (Å²) in [6.07, 6.45) is 0.173. The molecule has 1 aliphatic rings. The van der Waals surface area contributed by atoms with Crippen molar-refractivity contribution in [2.24, 2.45) is 5.92 Å². The van der Waals surface area contributed by atoms with E-state index in [1.54, 1.807) is 30.2 Å². The first-order valence-corrected chi connectivity index (χ1v) is 10.4. The van der Waals surface area contributed by atoms with Gasteiger partial charge in [0.25, 0.3) is 0 Å². The van der Waals surface area contributed by atoms with Gasteiger partial charge in [0.2, 0.25) is 17.8 Å². The lowest BCUT2D eigenvalue weighted by atomic mass is 10.1. The second kappa shape index (κ2) is 9.05. The van der Waals surface area contributed by atoms with E-state index < -0.39 is 5.92 Å². The lowest BCUT2D eigenvalue weighted by Gasteiger charge is -2.17. The van der Waals surface area contributed by atoms with Gasteiger partial charge in [-0.2, -0.15) is 0 Å². The SMILES string of the molecule is COc1cccc(N2CC(C(=O)Nc3ccc(Nc4nc(C)cc(C)n4)cc3)CC2=O)c1. The molecule has 0 bridgehead atoms. The standard InChI is InChI=1S/C24H25N5O3/c1-15-11-16(2)26-24(25-15)28-19-9-7-18(8-10-19)27-23(31)17-12-22(30)29(14-17)20-5-4-6-21(13-20)32-3/h4-11,13,17H,12,14H2,1-3H3,(H,27,31)(H,25,26,28). The fourth-order valence-corrected chi connectivity index (χ4v) is 3.70. The third-order valence-corrected chi connectivity index (χ3v) is 5.25. The van der Waals surface area contributed by atoms with Gasteiger partial charge in [-0.1, -0.05) is 6.07 Å². The second-order valence-corrected chi connectivity index (χ2v) is 7.77. The van der Waals surface area contributed by atoms with Gasteiger partial charge in [0, 0.05) is 47.5 Å². The first-order chi connectivity index (χ1) is 15.4. The highest BCUT2D eigenvalue weighted by molar-refractivity contribution is 6.03. The lowest BCUT2D eigenvalue weighted by molar-refractivity contribution is -0.122. The van der Waals surface area contributed by atoms with Crippen LogP contribution in [-0.2, 0) is 9.59 Å². The van der Waals surface area contributed by atoms with Crippen molar-refractivity contribution >= 4 is 34.8 Å². The number of hydrogen-bond donors (Lipinski definition) is 2. The Balaban J connectivity index is 1.38. The van der Waals surface area contributed by atoms with Gasteiger partial charge in [0.1, 0.15) is 5.75 Å². The number of benzene rings is 2. The number of amides is 2. The van der Waals surface area contributed by atoms with E-state index in [2.05, 4.69) is 20.6 Å². The number of methoxy groups -OCH3 is 1. The molecule has 2 N–H and O–H groups in total. The van der Waals surface area contributed by atoms with Crippen molar-refractivity contribution < 1.29 is 14.3 Å². The largest absolute Gasteiger partial charge is 0.497 e. The highest BCUT2D eigenvalue weighted by Crippen LogP contribution is 2.28. The summed E-state index contributed by atoms with van der Waals surface area (Å²) in [7, 11) is 1.58. The van der Waals surface area contributed by atoms with Crippen LogP contribution in [0, 0.1) is 19.8 Å². The summed E-state index contributed by atoms with van der Waals surface area (Å²) >= 11 is 0. The average molecular weight is 431 g/mol. The van der Waals surface area contributed by atoms with Crippen LogP contribution in [-0.4, -0.2) is 35.4 Å². The van der Waals surface area contributed by atoms with Crippen LogP contribution in [0.15, 0.2) is 54.6 Å². The zero-order valence-electron chi connectivity index (χ0n) is 18.3. The van der Waals surface area contributed by atoms with Crippen LogP contribution >= 0.6 is 0 Å². The number of carbonyl (C=O) groups excluding carboxylic acids is 2. The Kier molecular flexibility index (Phi) is 6.02. The average Bonchev–Trinajstić information content (AvgIpc) is 3.16. The van der Waals surface area contributed by atoms with Crippen LogP contribution in [0.25, 0.3) is 0 Å². The highest BCUT2D eigenvalue weighted by Gasteiger charge is 2.35. The van der Waals surface area contributed by atoms with Crippen molar-refractivity contribution in [1.29, 1.82) is 0 Å². The van der Waals surface area contributed by atoms with Crippen LogP contribution in [0.5, 0.6) is 5.75 Å². The minimum atomic E-state index is -0.421. The van der Waals surface area contributed by atoms with Crippen molar-refractivity contribution in [3.63, 3.8) is 0 Å². The van der Waals surface area contributed by atoms with E-state index in [9.17, 15) is 9.59 Å². The maximum absolute atomic E-state index is 12.8. The maximum Gasteiger partial charge on any atom is 0.229 e. The van der Waals surface area contributed by atoms with E-state index >= 15 is 0 Å². The molecule has 0 radical (unpaired) electrons. The molecule has 0 aliphatic carbocycles. The summed E-state index contributed by atoms with van der Waals surface area (Å²) < 4.78 is 5.23. The zero-order valence-corrected chi connectivity index (χ0v) is 18.3. The molecule has 8 heteroatoms. The zero-order chi connectivity index (χ0) is 22.7. The number of aromatic nitrogens is 2. The van der Waals surface area contributed by atoms with Gasteiger partial charge in [-0.25, -0.2) is 9.97 Å². The van der Waals surface area contributed by atoms with Crippen LogP contribution in [0.3, 0.4) is 0 Å². The molecular weight excluding hydrogens is 406 g/mol. The fourth-order valence-electron chi connectivity index (χ4n) is 3.70. The molecule has 1 aliphatic heterocycles. The molecule has 8 nitrogen and oxygen atoms in total. The van der Waals surface area contributed by atoms with E-state index in [-0.39, 0.29) is 18.2 Å². The van der Waals surface area contributed by atoms with Gasteiger partial charge < -0.3 is 20.3 Å². The quantitative estimate of drug-likeness (QED) is 0.616. The topological polar surface area (TPSA) is 96.5 Å². The van der Waals surface area contributed by atoms with Crippen molar-refractivity contribution in [3.05, 3.63) is 66.0 Å². The summed E-state index contributed by atoms with van der Waals surface area (Å²) in [4.78, 5) is 35.6. The minimum Gasteiger partial charge on any atom is -0.497 e. The van der Waals surface area contributed by atoms with E-state index in [1.165, 1.54) is 0 Å². The Morgan fingerprint density at radius 3 is 2.41 bits per heavy atom. The molecule has 2 amide bonds. The van der Waals surface area contributed by atoms with Crippen molar-refractivity contribution in [1.82, 2.24) is 9.97 Å². The first-order valence-electron chi connectivity index (χ1n) is 10.4. The summed E-state index contributed by atoms with van der Waals surface area (Å²) in [5.74, 6) is 0.521. The molecule has 1 unspecified atom stereocenters. The summed E-state index contributed by atoms with van der Waals surface area (Å²) in [6, 6.07) is 16.5. The van der Waals surface area contributed by atoms with E-state index in [0.29, 0.717) is 23.9 Å². The van der Waals surface area contributed by atoms with Crippen LogP contribution in [0.2, 0.25) is 0 Å². The molecule has 4 rings (SSSR count). The summed E-state index contributed by atoms with van der Waals surface area (Å²) in [5.41, 5.74) is 3.98. The van der Waals surface area contributed by atoms with Gasteiger partial charge in [-0.15, -0.1) is 0 Å². The normalized spacial score (nSPS) is 15.5. The number of rotatable bonds is 6. The smallest absolute Gasteiger partial charge is 0.229 e. The van der Waals surface area contributed by atoms with Gasteiger partial charge in [0.15, 0.2) is 0 Å². The molecule has 164 valence electrons. The monoisotopic (exact) mass is 431 g/mol. The number of aryl methyl sites for hydroxylation is 2. The Morgan fingerprint density at radius 2 is 1.72 bits per heavy atom. The predicted octanol–water partition coefficient (Wildman–Crippen LogP) is 3.84. The third kappa shape index (κ3) is 4.85. The molecule has 3 aromatic rings. The molecule has 1 aromatic heterocycles. The number of carbonyl (C=O) groups is 2. The number of nitrogens with one attached hydrogen (secondary N) is 2. The molecular formula is C24H25N5O3. The Hall–Kier alpha value is -3.94. The molecule has 2 heterocycles. The van der Waals surface area contributed by atoms with Crippen LogP contribution in [0.1, 0.15) is 17.8 Å². The number of hydrogen-bond acceptors (Lipinski definition) is 6. The Bertz CT molecular complexity index is 1130. The van der Waals surface area contributed by atoms with Crippen LogP contribution in [0.4, 0.5) is 23.0 Å².